The van der Waals surface area contributed by atoms with Crippen molar-refractivity contribution in [2.24, 2.45) is 0 Å². The number of halogens is 6. The molecule has 0 radical (unpaired) electrons. The summed E-state index contributed by atoms with van der Waals surface area (Å²) in [6.07, 6.45) is -9.47. The van der Waals surface area contributed by atoms with Crippen LogP contribution in [-0.2, 0) is 18.9 Å². The lowest BCUT2D eigenvalue weighted by Gasteiger charge is -2.18. The minimum absolute atomic E-state index is 0.0970. The van der Waals surface area contributed by atoms with Crippen LogP contribution in [0.15, 0.2) is 65.5 Å². The zero-order valence-electron chi connectivity index (χ0n) is 15.1. The molecule has 1 heterocycles. The van der Waals surface area contributed by atoms with Gasteiger partial charge in [0.05, 0.1) is 17.7 Å². The molecule has 0 spiro atoms. The van der Waals surface area contributed by atoms with Gasteiger partial charge in [0, 0.05) is 12.2 Å². The molecular formula is C21H12F6N2O. The number of alkyl halides is 6. The first-order chi connectivity index (χ1) is 14.0. The molecule has 3 aromatic rings. The number of nitrogens with zero attached hydrogens (tertiary/aromatic N) is 2. The number of hydrogen-bond acceptors (Lipinski definition) is 1. The smallest absolute Gasteiger partial charge is 0.313 e. The Hall–Kier alpha value is -3.54. The van der Waals surface area contributed by atoms with Gasteiger partial charge in [-0.3, -0.25) is 4.79 Å². The molecule has 0 aliphatic rings. The predicted molar refractivity (Wildman–Crippen MR) is 97.9 cm³/mol. The van der Waals surface area contributed by atoms with E-state index in [0.717, 1.165) is 28.8 Å². The zero-order valence-corrected chi connectivity index (χ0v) is 15.1. The molecule has 3 nitrogen and oxygen atoms in total. The standard InChI is InChI=1S/C21H12F6N2O/c1-28-18-16(21(25,26)27)11-17(14-5-3-2-4-6-14)29(19(18)30)12-13-7-9-15(10-8-13)20(22,23)24/h2-11H,12H2. The van der Waals surface area contributed by atoms with E-state index in [-0.39, 0.29) is 17.8 Å². The van der Waals surface area contributed by atoms with Gasteiger partial charge in [-0.25, -0.2) is 4.85 Å². The van der Waals surface area contributed by atoms with Crippen molar-refractivity contribution in [3.8, 4) is 11.3 Å². The summed E-state index contributed by atoms with van der Waals surface area (Å²) < 4.78 is 79.5. The lowest BCUT2D eigenvalue weighted by atomic mass is 10.1. The molecule has 0 amide bonds. The number of rotatable bonds is 3. The molecule has 3 rings (SSSR count). The number of pyridine rings is 1. The molecule has 0 aliphatic heterocycles. The molecule has 0 unspecified atom stereocenters. The SMILES string of the molecule is [C-]#[N+]c1c(C(F)(F)F)cc(-c2ccccc2)n(Cc2ccc(C(F)(F)F)cc2)c1=O. The van der Waals surface area contributed by atoms with Gasteiger partial charge < -0.3 is 4.57 Å². The zero-order chi connectivity index (χ0) is 22.1. The Morgan fingerprint density at radius 2 is 1.47 bits per heavy atom. The van der Waals surface area contributed by atoms with Crippen LogP contribution in [0.4, 0.5) is 32.0 Å². The molecule has 0 fully saturated rings. The highest BCUT2D eigenvalue weighted by molar-refractivity contribution is 5.66. The van der Waals surface area contributed by atoms with E-state index in [0.29, 0.717) is 11.6 Å². The maximum atomic E-state index is 13.4. The van der Waals surface area contributed by atoms with Crippen molar-refractivity contribution in [3.63, 3.8) is 0 Å². The molecule has 0 saturated carbocycles. The third kappa shape index (κ3) is 4.22. The maximum absolute atomic E-state index is 13.4. The Labute approximate surface area is 166 Å². The first kappa shape index (κ1) is 21.2. The molecule has 9 heteroatoms. The first-order valence-electron chi connectivity index (χ1n) is 8.46. The maximum Gasteiger partial charge on any atom is 0.416 e. The molecule has 0 atom stereocenters. The van der Waals surface area contributed by atoms with E-state index in [4.69, 9.17) is 6.57 Å². The van der Waals surface area contributed by atoms with E-state index in [1.165, 1.54) is 12.1 Å². The van der Waals surface area contributed by atoms with Crippen LogP contribution >= 0.6 is 0 Å². The van der Waals surface area contributed by atoms with E-state index >= 15 is 0 Å². The summed E-state index contributed by atoms with van der Waals surface area (Å²) in [6, 6.07) is 12.4. The third-order valence-corrected chi connectivity index (χ3v) is 4.38. The van der Waals surface area contributed by atoms with Crippen LogP contribution in [0.2, 0.25) is 0 Å². The Kier molecular flexibility index (Phi) is 5.44. The fourth-order valence-electron chi connectivity index (χ4n) is 2.95. The van der Waals surface area contributed by atoms with Gasteiger partial charge in [0.15, 0.2) is 0 Å². The molecule has 1 aromatic heterocycles. The van der Waals surface area contributed by atoms with Crippen molar-refractivity contribution in [1.82, 2.24) is 4.57 Å². The van der Waals surface area contributed by atoms with E-state index in [1.807, 2.05) is 0 Å². The highest BCUT2D eigenvalue weighted by Gasteiger charge is 2.36. The molecule has 30 heavy (non-hydrogen) atoms. The summed E-state index contributed by atoms with van der Waals surface area (Å²) >= 11 is 0. The van der Waals surface area contributed by atoms with Crippen LogP contribution in [0.3, 0.4) is 0 Å². The van der Waals surface area contributed by atoms with Gasteiger partial charge in [0.1, 0.15) is 0 Å². The van der Waals surface area contributed by atoms with E-state index < -0.39 is 34.7 Å². The van der Waals surface area contributed by atoms with Crippen LogP contribution in [0.1, 0.15) is 16.7 Å². The van der Waals surface area contributed by atoms with Crippen molar-refractivity contribution >= 4 is 5.69 Å². The first-order valence-corrected chi connectivity index (χ1v) is 8.46. The largest absolute Gasteiger partial charge is 0.416 e. The average Bonchev–Trinajstić information content (AvgIpc) is 2.68. The van der Waals surface area contributed by atoms with Crippen molar-refractivity contribution in [1.29, 1.82) is 0 Å². The Balaban J connectivity index is 2.20. The Morgan fingerprint density at radius 1 is 0.867 bits per heavy atom. The van der Waals surface area contributed by atoms with Crippen LogP contribution in [-0.4, -0.2) is 4.57 Å². The third-order valence-electron chi connectivity index (χ3n) is 4.38. The number of aromatic nitrogens is 1. The molecule has 0 N–H and O–H groups in total. The van der Waals surface area contributed by atoms with Gasteiger partial charge in [0.25, 0.3) is 11.2 Å². The lowest BCUT2D eigenvalue weighted by Crippen LogP contribution is -2.25. The quantitative estimate of drug-likeness (QED) is 0.367. The average molecular weight is 422 g/mol. The van der Waals surface area contributed by atoms with Gasteiger partial charge in [-0.1, -0.05) is 42.5 Å². The molecule has 0 bridgehead atoms. The minimum atomic E-state index is -4.92. The van der Waals surface area contributed by atoms with Crippen molar-refractivity contribution in [3.05, 3.63) is 99.1 Å². The fourth-order valence-corrected chi connectivity index (χ4v) is 2.95. The summed E-state index contributed by atoms with van der Waals surface area (Å²) in [5.74, 6) is 0. The summed E-state index contributed by atoms with van der Waals surface area (Å²) in [4.78, 5) is 15.5. The minimum Gasteiger partial charge on any atom is -0.313 e. The second kappa shape index (κ2) is 7.71. The summed E-state index contributed by atoms with van der Waals surface area (Å²) in [5, 5.41) is 0. The van der Waals surface area contributed by atoms with Crippen molar-refractivity contribution in [2.75, 3.05) is 0 Å². The molecule has 0 aliphatic carbocycles. The van der Waals surface area contributed by atoms with Crippen molar-refractivity contribution < 1.29 is 26.3 Å². The number of benzene rings is 2. The fraction of sp³-hybridized carbons (Fsp3) is 0.143. The van der Waals surface area contributed by atoms with Crippen LogP contribution < -0.4 is 5.56 Å². The van der Waals surface area contributed by atoms with Gasteiger partial charge in [-0.15, -0.1) is 0 Å². The molecule has 0 saturated heterocycles. The second-order valence-electron chi connectivity index (χ2n) is 6.35. The van der Waals surface area contributed by atoms with Gasteiger partial charge in [-0.2, -0.15) is 26.3 Å². The lowest BCUT2D eigenvalue weighted by molar-refractivity contribution is -0.138. The highest BCUT2D eigenvalue weighted by atomic mass is 19.4. The monoisotopic (exact) mass is 422 g/mol. The summed E-state index contributed by atoms with van der Waals surface area (Å²) in [7, 11) is 0. The Morgan fingerprint density at radius 3 is 1.97 bits per heavy atom. The number of hydrogen-bond donors (Lipinski definition) is 0. The normalized spacial score (nSPS) is 11.9. The van der Waals surface area contributed by atoms with Crippen LogP contribution in [0, 0.1) is 6.57 Å². The van der Waals surface area contributed by atoms with Gasteiger partial charge in [0.2, 0.25) is 0 Å². The Bertz CT molecular complexity index is 1150. The van der Waals surface area contributed by atoms with Crippen LogP contribution in [0.5, 0.6) is 0 Å². The van der Waals surface area contributed by atoms with E-state index in [9.17, 15) is 31.1 Å². The molecule has 2 aromatic carbocycles. The topological polar surface area (TPSA) is 26.4 Å². The van der Waals surface area contributed by atoms with Gasteiger partial charge in [-0.05, 0) is 29.3 Å². The van der Waals surface area contributed by atoms with Crippen LogP contribution in [0.25, 0.3) is 16.1 Å². The van der Waals surface area contributed by atoms with E-state index in [2.05, 4.69) is 4.85 Å². The van der Waals surface area contributed by atoms with E-state index in [1.54, 1.807) is 18.2 Å². The highest BCUT2D eigenvalue weighted by Crippen LogP contribution is 2.37. The second-order valence-corrected chi connectivity index (χ2v) is 6.35. The van der Waals surface area contributed by atoms with Gasteiger partial charge >= 0.3 is 12.4 Å². The molecule has 154 valence electrons. The summed E-state index contributed by atoms with van der Waals surface area (Å²) in [6.45, 7) is 6.74. The van der Waals surface area contributed by atoms with Crippen molar-refractivity contribution in [2.45, 2.75) is 18.9 Å². The molecular weight excluding hydrogens is 410 g/mol. The predicted octanol–water partition coefficient (Wildman–Crippen LogP) is 6.15. The summed E-state index contributed by atoms with van der Waals surface area (Å²) in [5.41, 5.74) is -4.05.